The van der Waals surface area contributed by atoms with Gasteiger partial charge in [0.05, 0.1) is 0 Å². The fourth-order valence-electron chi connectivity index (χ4n) is 3.60. The minimum atomic E-state index is 1.04. The van der Waals surface area contributed by atoms with Crippen molar-refractivity contribution in [3.05, 3.63) is 12.2 Å². The molecule has 0 aliphatic heterocycles. The van der Waals surface area contributed by atoms with Crippen molar-refractivity contribution in [2.75, 3.05) is 0 Å². The zero-order chi connectivity index (χ0) is 10.5. The van der Waals surface area contributed by atoms with Gasteiger partial charge in [-0.15, -0.1) is 0 Å². The molecule has 1 fully saturated rings. The molecule has 2 aliphatic rings. The smallest absolute Gasteiger partial charge is 0.0319 e. The maximum atomic E-state index is 2.42. The van der Waals surface area contributed by atoms with Crippen molar-refractivity contribution in [3.8, 4) is 0 Å². The predicted molar refractivity (Wildman–Crippen MR) is 66.8 cm³/mol. The highest BCUT2D eigenvalue weighted by Crippen LogP contribution is 2.39. The summed E-state index contributed by atoms with van der Waals surface area (Å²) in [6, 6.07) is 0. The van der Waals surface area contributed by atoms with E-state index < -0.39 is 0 Å². The van der Waals surface area contributed by atoms with E-state index >= 15 is 0 Å². The van der Waals surface area contributed by atoms with Crippen molar-refractivity contribution in [1.29, 1.82) is 0 Å². The third kappa shape index (κ3) is 3.09. The van der Waals surface area contributed by atoms with Gasteiger partial charge in [-0.05, 0) is 49.9 Å². The van der Waals surface area contributed by atoms with Crippen LogP contribution in [0.1, 0.15) is 64.7 Å². The second kappa shape index (κ2) is 5.72. The Labute approximate surface area is 95.1 Å². The average molecular weight is 206 g/mol. The molecule has 0 heterocycles. The van der Waals surface area contributed by atoms with E-state index in [0.29, 0.717) is 0 Å². The Morgan fingerprint density at radius 1 is 0.933 bits per heavy atom. The van der Waals surface area contributed by atoms with Crippen LogP contribution in [-0.2, 0) is 0 Å². The summed E-state index contributed by atoms with van der Waals surface area (Å²) in [5.74, 6) is 3.19. The third-order valence-electron chi connectivity index (χ3n) is 4.56. The largest absolute Gasteiger partial charge is 0.0885 e. The summed E-state index contributed by atoms with van der Waals surface area (Å²) in [6.45, 7) is 2.33. The van der Waals surface area contributed by atoms with Crippen molar-refractivity contribution in [1.82, 2.24) is 0 Å². The lowest BCUT2D eigenvalue weighted by Crippen LogP contribution is -2.22. The van der Waals surface area contributed by atoms with Crippen LogP contribution in [0.2, 0.25) is 0 Å². The molecule has 0 nitrogen and oxygen atoms in total. The topological polar surface area (TPSA) is 0 Å². The molecule has 15 heavy (non-hydrogen) atoms. The molecule has 0 bridgehead atoms. The van der Waals surface area contributed by atoms with Crippen LogP contribution in [0.4, 0.5) is 0 Å². The molecule has 0 aromatic heterocycles. The number of hydrogen-bond acceptors (Lipinski definition) is 0. The van der Waals surface area contributed by atoms with E-state index in [1.807, 2.05) is 0 Å². The summed E-state index contributed by atoms with van der Waals surface area (Å²) in [5, 5.41) is 0. The number of rotatable bonds is 3. The molecule has 0 N–H and O–H groups in total. The fraction of sp³-hybridized carbons (Fsp3) is 0.867. The zero-order valence-electron chi connectivity index (χ0n) is 10.3. The van der Waals surface area contributed by atoms with E-state index in [2.05, 4.69) is 19.1 Å². The quantitative estimate of drug-likeness (QED) is 0.573. The van der Waals surface area contributed by atoms with Gasteiger partial charge in [-0.3, -0.25) is 0 Å². The molecule has 2 aliphatic carbocycles. The van der Waals surface area contributed by atoms with E-state index in [9.17, 15) is 0 Å². The lowest BCUT2D eigenvalue weighted by Gasteiger charge is -2.34. The molecule has 0 radical (unpaired) electrons. The zero-order valence-corrected chi connectivity index (χ0v) is 10.3. The molecule has 0 aromatic rings. The molecule has 2 rings (SSSR count). The molecule has 1 unspecified atom stereocenters. The Morgan fingerprint density at radius 3 is 2.33 bits per heavy atom. The first-order valence-electron chi connectivity index (χ1n) is 7.05. The fourth-order valence-corrected chi connectivity index (χ4v) is 3.60. The Kier molecular flexibility index (Phi) is 4.29. The normalized spacial score (nSPS) is 36.7. The summed E-state index contributed by atoms with van der Waals surface area (Å²) < 4.78 is 0. The van der Waals surface area contributed by atoms with Gasteiger partial charge in [-0.25, -0.2) is 0 Å². The monoisotopic (exact) mass is 206 g/mol. The Hall–Kier alpha value is -0.260. The van der Waals surface area contributed by atoms with Gasteiger partial charge >= 0.3 is 0 Å². The molecular formula is C15H26. The maximum Gasteiger partial charge on any atom is -0.0319 e. The standard InChI is InChI=1S/C15H26/c1-2-6-13-9-11-15(12-10-13)14-7-4-3-5-8-14/h3-4,13-15H,2,5-12H2,1H3/t13-,14?,15-. The Balaban J connectivity index is 1.75. The van der Waals surface area contributed by atoms with E-state index in [1.54, 1.807) is 0 Å². The first-order chi connectivity index (χ1) is 7.40. The molecular weight excluding hydrogens is 180 g/mol. The van der Waals surface area contributed by atoms with Crippen molar-refractivity contribution in [2.24, 2.45) is 17.8 Å². The molecule has 86 valence electrons. The molecule has 0 aromatic carbocycles. The van der Waals surface area contributed by atoms with Crippen molar-refractivity contribution >= 4 is 0 Å². The first kappa shape index (κ1) is 11.2. The van der Waals surface area contributed by atoms with Crippen molar-refractivity contribution < 1.29 is 0 Å². The van der Waals surface area contributed by atoms with Gasteiger partial charge in [0.25, 0.3) is 0 Å². The first-order valence-corrected chi connectivity index (χ1v) is 7.05. The van der Waals surface area contributed by atoms with Crippen LogP contribution < -0.4 is 0 Å². The highest BCUT2D eigenvalue weighted by molar-refractivity contribution is 4.93. The summed E-state index contributed by atoms with van der Waals surface area (Å²) in [4.78, 5) is 0. The van der Waals surface area contributed by atoms with E-state index in [4.69, 9.17) is 0 Å². The summed E-state index contributed by atoms with van der Waals surface area (Å²) in [7, 11) is 0. The van der Waals surface area contributed by atoms with Crippen LogP contribution in [0.15, 0.2) is 12.2 Å². The lowest BCUT2D eigenvalue weighted by atomic mass is 9.71. The number of hydrogen-bond donors (Lipinski definition) is 0. The van der Waals surface area contributed by atoms with Crippen LogP contribution in [0.25, 0.3) is 0 Å². The third-order valence-corrected chi connectivity index (χ3v) is 4.56. The highest BCUT2D eigenvalue weighted by Gasteiger charge is 2.26. The Bertz CT molecular complexity index is 196. The SMILES string of the molecule is CCC[C@H]1CC[C@H](C2CC=CCC2)CC1. The van der Waals surface area contributed by atoms with Gasteiger partial charge in [0, 0.05) is 0 Å². The molecule has 0 amide bonds. The average Bonchev–Trinajstić information content (AvgIpc) is 2.32. The summed E-state index contributed by atoms with van der Waals surface area (Å²) >= 11 is 0. The highest BCUT2D eigenvalue weighted by atomic mass is 14.3. The second-order valence-corrected chi connectivity index (χ2v) is 5.61. The number of allylic oxidation sites excluding steroid dienone is 2. The van der Waals surface area contributed by atoms with Crippen molar-refractivity contribution in [2.45, 2.75) is 64.7 Å². The molecule has 0 spiro atoms. The Morgan fingerprint density at radius 2 is 1.73 bits per heavy atom. The van der Waals surface area contributed by atoms with Crippen LogP contribution in [0, 0.1) is 17.8 Å². The predicted octanol–water partition coefficient (Wildman–Crippen LogP) is 4.95. The van der Waals surface area contributed by atoms with Gasteiger partial charge in [0.1, 0.15) is 0 Å². The second-order valence-electron chi connectivity index (χ2n) is 5.61. The van der Waals surface area contributed by atoms with E-state index in [1.165, 1.54) is 57.8 Å². The van der Waals surface area contributed by atoms with Gasteiger partial charge in [0.15, 0.2) is 0 Å². The summed E-state index contributed by atoms with van der Waals surface area (Å²) in [5.41, 5.74) is 0. The van der Waals surface area contributed by atoms with Gasteiger partial charge < -0.3 is 0 Å². The molecule has 0 saturated heterocycles. The van der Waals surface area contributed by atoms with Crippen LogP contribution >= 0.6 is 0 Å². The summed E-state index contributed by atoms with van der Waals surface area (Å²) in [6.07, 6.45) is 18.0. The minimum Gasteiger partial charge on any atom is -0.0885 e. The van der Waals surface area contributed by atoms with Gasteiger partial charge in [-0.1, -0.05) is 44.8 Å². The maximum absolute atomic E-state index is 2.42. The molecule has 1 saturated carbocycles. The van der Waals surface area contributed by atoms with Gasteiger partial charge in [0.2, 0.25) is 0 Å². The van der Waals surface area contributed by atoms with Crippen LogP contribution in [0.5, 0.6) is 0 Å². The van der Waals surface area contributed by atoms with E-state index in [-0.39, 0.29) is 0 Å². The molecule has 0 heteroatoms. The van der Waals surface area contributed by atoms with E-state index in [0.717, 1.165) is 17.8 Å². The van der Waals surface area contributed by atoms with Gasteiger partial charge in [-0.2, -0.15) is 0 Å². The van der Waals surface area contributed by atoms with Crippen LogP contribution in [-0.4, -0.2) is 0 Å². The minimum absolute atomic E-state index is 1.04. The lowest BCUT2D eigenvalue weighted by molar-refractivity contribution is 0.188. The molecule has 1 atom stereocenters. The van der Waals surface area contributed by atoms with Crippen LogP contribution in [0.3, 0.4) is 0 Å². The van der Waals surface area contributed by atoms with Crippen molar-refractivity contribution in [3.63, 3.8) is 0 Å².